The molecule has 0 bridgehead atoms. The predicted molar refractivity (Wildman–Crippen MR) is 105 cm³/mol. The molecule has 0 rings (SSSR count). The van der Waals surface area contributed by atoms with E-state index >= 15 is 0 Å². The standard InChI is InChI=1S/C20H45N3/c1-5-7-9-11-13-15-17-21-23(20-19-22(3)4)18-16-14-12-10-8-6-2/h21H,5-20H2,1-4H3. The molecule has 0 amide bonds. The Morgan fingerprint density at radius 1 is 0.565 bits per heavy atom. The van der Waals surface area contributed by atoms with Crippen molar-refractivity contribution >= 4 is 0 Å². The van der Waals surface area contributed by atoms with Crippen LogP contribution in [0.4, 0.5) is 0 Å². The Hall–Kier alpha value is -0.120. The van der Waals surface area contributed by atoms with Crippen molar-refractivity contribution in [2.24, 2.45) is 0 Å². The number of rotatable bonds is 18. The zero-order valence-electron chi connectivity index (χ0n) is 16.7. The molecule has 0 unspecified atom stereocenters. The zero-order chi connectivity index (χ0) is 17.2. The summed E-state index contributed by atoms with van der Waals surface area (Å²) in [5.74, 6) is 0. The topological polar surface area (TPSA) is 18.5 Å². The molecule has 1 N–H and O–H groups in total. The molecule has 23 heavy (non-hydrogen) atoms. The molecule has 0 heterocycles. The van der Waals surface area contributed by atoms with Gasteiger partial charge in [0.1, 0.15) is 0 Å². The molecule has 3 heteroatoms. The largest absolute Gasteiger partial charge is 0.308 e. The van der Waals surface area contributed by atoms with E-state index in [0.717, 1.165) is 19.6 Å². The van der Waals surface area contributed by atoms with Crippen molar-refractivity contribution in [3.8, 4) is 0 Å². The van der Waals surface area contributed by atoms with Gasteiger partial charge in [-0.2, -0.15) is 0 Å². The maximum Gasteiger partial charge on any atom is 0.0258 e. The third-order valence-electron chi connectivity index (χ3n) is 4.46. The minimum absolute atomic E-state index is 1.14. The van der Waals surface area contributed by atoms with Gasteiger partial charge in [-0.05, 0) is 26.9 Å². The van der Waals surface area contributed by atoms with E-state index in [1.165, 1.54) is 83.6 Å². The fourth-order valence-electron chi connectivity index (χ4n) is 2.82. The second-order valence-electron chi connectivity index (χ2n) is 7.23. The van der Waals surface area contributed by atoms with Crippen LogP contribution >= 0.6 is 0 Å². The molecule has 0 saturated heterocycles. The Labute approximate surface area is 147 Å². The average Bonchev–Trinajstić information content (AvgIpc) is 2.53. The van der Waals surface area contributed by atoms with Crippen LogP contribution < -0.4 is 5.43 Å². The van der Waals surface area contributed by atoms with Crippen LogP contribution in [0.1, 0.15) is 90.9 Å². The molecule has 0 aromatic carbocycles. The van der Waals surface area contributed by atoms with Gasteiger partial charge in [-0.25, -0.2) is 5.01 Å². The molecular weight excluding hydrogens is 282 g/mol. The lowest BCUT2D eigenvalue weighted by atomic mass is 10.1. The van der Waals surface area contributed by atoms with Crippen LogP contribution in [0.5, 0.6) is 0 Å². The summed E-state index contributed by atoms with van der Waals surface area (Å²) in [5.41, 5.74) is 3.67. The van der Waals surface area contributed by atoms with Crippen LogP contribution in [0.3, 0.4) is 0 Å². The van der Waals surface area contributed by atoms with Crippen molar-refractivity contribution in [2.45, 2.75) is 90.9 Å². The number of hydrogen-bond acceptors (Lipinski definition) is 3. The predicted octanol–water partition coefficient (Wildman–Crippen LogP) is 5.08. The summed E-state index contributed by atoms with van der Waals surface area (Å²) in [5, 5.41) is 2.46. The smallest absolute Gasteiger partial charge is 0.0258 e. The highest BCUT2D eigenvalue weighted by Gasteiger charge is 2.04. The SMILES string of the molecule is CCCCCCCCNN(CCCCCCCC)CCN(C)C. The van der Waals surface area contributed by atoms with Gasteiger partial charge in [0.2, 0.25) is 0 Å². The van der Waals surface area contributed by atoms with Crippen molar-refractivity contribution in [1.29, 1.82) is 0 Å². The van der Waals surface area contributed by atoms with E-state index in [-0.39, 0.29) is 0 Å². The van der Waals surface area contributed by atoms with Crippen LogP contribution in [-0.2, 0) is 0 Å². The Morgan fingerprint density at radius 2 is 1.09 bits per heavy atom. The van der Waals surface area contributed by atoms with Gasteiger partial charge in [0.15, 0.2) is 0 Å². The monoisotopic (exact) mass is 327 g/mol. The molecular formula is C20H45N3. The van der Waals surface area contributed by atoms with Crippen molar-refractivity contribution in [3.63, 3.8) is 0 Å². The lowest BCUT2D eigenvalue weighted by Gasteiger charge is -2.25. The van der Waals surface area contributed by atoms with Gasteiger partial charge >= 0.3 is 0 Å². The van der Waals surface area contributed by atoms with Gasteiger partial charge in [0.05, 0.1) is 0 Å². The number of hydrazine groups is 1. The number of unbranched alkanes of at least 4 members (excludes halogenated alkanes) is 10. The fourth-order valence-corrected chi connectivity index (χ4v) is 2.82. The first kappa shape index (κ1) is 22.9. The van der Waals surface area contributed by atoms with Gasteiger partial charge in [0, 0.05) is 26.2 Å². The van der Waals surface area contributed by atoms with Crippen LogP contribution in [0.15, 0.2) is 0 Å². The van der Waals surface area contributed by atoms with E-state index in [1.54, 1.807) is 0 Å². The maximum absolute atomic E-state index is 3.67. The maximum atomic E-state index is 3.67. The summed E-state index contributed by atoms with van der Waals surface area (Å²) in [7, 11) is 4.33. The normalized spacial score (nSPS) is 11.7. The van der Waals surface area contributed by atoms with E-state index < -0.39 is 0 Å². The van der Waals surface area contributed by atoms with E-state index in [9.17, 15) is 0 Å². The van der Waals surface area contributed by atoms with Crippen LogP contribution in [0.25, 0.3) is 0 Å². The average molecular weight is 328 g/mol. The third-order valence-corrected chi connectivity index (χ3v) is 4.46. The lowest BCUT2D eigenvalue weighted by molar-refractivity contribution is 0.165. The Balaban J connectivity index is 3.69. The molecule has 3 nitrogen and oxygen atoms in total. The second-order valence-corrected chi connectivity index (χ2v) is 7.23. The molecule has 140 valence electrons. The fraction of sp³-hybridized carbons (Fsp3) is 1.00. The zero-order valence-corrected chi connectivity index (χ0v) is 16.7. The highest BCUT2D eigenvalue weighted by molar-refractivity contribution is 4.57. The second kappa shape index (κ2) is 18.2. The summed E-state index contributed by atoms with van der Waals surface area (Å²) in [4.78, 5) is 2.28. The van der Waals surface area contributed by atoms with E-state index in [2.05, 4.69) is 43.3 Å². The lowest BCUT2D eigenvalue weighted by Crippen LogP contribution is -2.43. The highest BCUT2D eigenvalue weighted by atomic mass is 15.5. The number of nitrogens with one attached hydrogen (secondary N) is 1. The molecule has 0 radical (unpaired) electrons. The minimum atomic E-state index is 1.14. The van der Waals surface area contributed by atoms with Crippen LogP contribution in [0, 0.1) is 0 Å². The summed E-state index contributed by atoms with van der Waals surface area (Å²) >= 11 is 0. The van der Waals surface area contributed by atoms with Crippen molar-refractivity contribution in [1.82, 2.24) is 15.3 Å². The molecule has 0 saturated carbocycles. The van der Waals surface area contributed by atoms with E-state index in [1.807, 2.05) is 0 Å². The van der Waals surface area contributed by atoms with Gasteiger partial charge in [-0.15, -0.1) is 0 Å². The van der Waals surface area contributed by atoms with Gasteiger partial charge in [0.25, 0.3) is 0 Å². The number of nitrogens with zero attached hydrogens (tertiary/aromatic N) is 2. The summed E-state index contributed by atoms with van der Waals surface area (Å²) < 4.78 is 0. The van der Waals surface area contributed by atoms with Crippen molar-refractivity contribution < 1.29 is 0 Å². The van der Waals surface area contributed by atoms with Crippen molar-refractivity contribution in [3.05, 3.63) is 0 Å². The summed E-state index contributed by atoms with van der Waals surface area (Å²) in [6.07, 6.45) is 16.6. The first-order valence-corrected chi connectivity index (χ1v) is 10.3. The molecule has 0 fully saturated rings. The molecule has 0 aromatic rings. The molecule has 0 aliphatic carbocycles. The van der Waals surface area contributed by atoms with E-state index in [0.29, 0.717) is 0 Å². The molecule has 0 aliphatic heterocycles. The molecule has 0 atom stereocenters. The minimum Gasteiger partial charge on any atom is -0.308 e. The molecule has 0 aliphatic rings. The van der Waals surface area contributed by atoms with E-state index in [4.69, 9.17) is 0 Å². The van der Waals surface area contributed by atoms with Gasteiger partial charge in [-0.3, -0.25) is 5.43 Å². The number of likely N-dealkylation sites (N-methyl/N-ethyl adjacent to an activating group) is 1. The van der Waals surface area contributed by atoms with Gasteiger partial charge in [-0.1, -0.05) is 78.1 Å². The number of hydrogen-bond donors (Lipinski definition) is 1. The Kier molecular flexibility index (Phi) is 18.1. The van der Waals surface area contributed by atoms with Crippen LogP contribution in [-0.4, -0.2) is 50.2 Å². The van der Waals surface area contributed by atoms with Crippen molar-refractivity contribution in [2.75, 3.05) is 40.3 Å². The summed E-state index contributed by atoms with van der Waals surface area (Å²) in [6, 6.07) is 0. The first-order valence-electron chi connectivity index (χ1n) is 10.3. The third kappa shape index (κ3) is 18.1. The van der Waals surface area contributed by atoms with Crippen LogP contribution in [0.2, 0.25) is 0 Å². The molecule has 0 spiro atoms. The summed E-state index contributed by atoms with van der Waals surface area (Å²) in [6.45, 7) is 9.20. The highest BCUT2D eigenvalue weighted by Crippen LogP contribution is 2.06. The Morgan fingerprint density at radius 3 is 1.65 bits per heavy atom. The Bertz CT molecular complexity index is 219. The quantitative estimate of drug-likeness (QED) is 0.280. The first-order chi connectivity index (χ1) is 11.2. The molecule has 0 aromatic heterocycles. The van der Waals surface area contributed by atoms with Gasteiger partial charge < -0.3 is 4.90 Å².